The van der Waals surface area contributed by atoms with E-state index in [0.717, 1.165) is 25.1 Å². The maximum absolute atomic E-state index is 13.6. The van der Waals surface area contributed by atoms with Gasteiger partial charge in [0.2, 0.25) is 0 Å². The van der Waals surface area contributed by atoms with Crippen LogP contribution in [0.25, 0.3) is 0 Å². The molecule has 2 saturated heterocycles. The van der Waals surface area contributed by atoms with Crippen molar-refractivity contribution in [3.05, 3.63) is 29.0 Å². The van der Waals surface area contributed by atoms with Crippen LogP contribution in [0.5, 0.6) is 0 Å². The van der Waals surface area contributed by atoms with Gasteiger partial charge < -0.3 is 10.2 Å². The SMILES string of the molecule is CCNC1CC2CCCC(C1)N2c1cc(F)cc(Cl)c1. The van der Waals surface area contributed by atoms with Crippen LogP contribution >= 0.6 is 11.6 Å². The van der Waals surface area contributed by atoms with Crippen molar-refractivity contribution >= 4 is 17.3 Å². The summed E-state index contributed by atoms with van der Waals surface area (Å²) in [4.78, 5) is 2.42. The van der Waals surface area contributed by atoms with Gasteiger partial charge >= 0.3 is 0 Å². The molecule has 0 aromatic heterocycles. The van der Waals surface area contributed by atoms with E-state index in [1.807, 2.05) is 6.07 Å². The largest absolute Gasteiger partial charge is 0.365 e. The number of anilines is 1. The Hall–Kier alpha value is -0.800. The molecular weight excluding hydrogens is 275 g/mol. The molecule has 2 fully saturated rings. The molecule has 0 amide bonds. The van der Waals surface area contributed by atoms with Gasteiger partial charge in [-0.1, -0.05) is 18.5 Å². The summed E-state index contributed by atoms with van der Waals surface area (Å²) < 4.78 is 13.6. The molecule has 110 valence electrons. The summed E-state index contributed by atoms with van der Waals surface area (Å²) in [7, 11) is 0. The minimum absolute atomic E-state index is 0.237. The topological polar surface area (TPSA) is 15.3 Å². The molecule has 2 bridgehead atoms. The van der Waals surface area contributed by atoms with Gasteiger partial charge in [-0.05, 0) is 56.8 Å². The first-order chi connectivity index (χ1) is 9.67. The fourth-order valence-electron chi connectivity index (χ4n) is 3.95. The predicted octanol–water partition coefficient (Wildman–Crippen LogP) is 3.98. The number of rotatable bonds is 3. The molecule has 3 rings (SSSR count). The van der Waals surface area contributed by atoms with Crippen LogP contribution in [0.3, 0.4) is 0 Å². The fourth-order valence-corrected chi connectivity index (χ4v) is 4.16. The van der Waals surface area contributed by atoms with E-state index in [2.05, 4.69) is 17.1 Å². The number of nitrogens with zero attached hydrogens (tertiary/aromatic N) is 1. The van der Waals surface area contributed by atoms with Crippen molar-refractivity contribution in [3.8, 4) is 0 Å². The summed E-state index contributed by atoms with van der Waals surface area (Å²) in [6.07, 6.45) is 5.99. The number of fused-ring (bicyclic) bond motifs is 2. The average molecular weight is 297 g/mol. The van der Waals surface area contributed by atoms with Crippen LogP contribution in [-0.2, 0) is 0 Å². The second-order valence-electron chi connectivity index (χ2n) is 6.00. The molecule has 20 heavy (non-hydrogen) atoms. The van der Waals surface area contributed by atoms with Crippen LogP contribution in [0.1, 0.15) is 39.0 Å². The van der Waals surface area contributed by atoms with Crippen LogP contribution in [0.2, 0.25) is 5.02 Å². The molecule has 2 aliphatic heterocycles. The van der Waals surface area contributed by atoms with E-state index < -0.39 is 0 Å². The summed E-state index contributed by atoms with van der Waals surface area (Å²) in [6, 6.07) is 6.56. The molecule has 2 aliphatic rings. The number of halogens is 2. The first kappa shape index (κ1) is 14.2. The van der Waals surface area contributed by atoms with Gasteiger partial charge in [-0.25, -0.2) is 4.39 Å². The fraction of sp³-hybridized carbons (Fsp3) is 0.625. The maximum Gasteiger partial charge on any atom is 0.126 e. The number of piperidine rings is 2. The standard InChI is InChI=1S/C16H22ClFN2/c1-2-19-13-9-14-4-3-5-15(10-13)20(14)16-7-11(17)6-12(18)8-16/h6-8,13-15,19H,2-5,9-10H2,1H3. The Bertz CT molecular complexity index is 445. The van der Waals surface area contributed by atoms with Crippen molar-refractivity contribution in [1.29, 1.82) is 0 Å². The van der Waals surface area contributed by atoms with E-state index in [1.165, 1.54) is 25.3 Å². The van der Waals surface area contributed by atoms with Gasteiger partial charge in [-0.3, -0.25) is 0 Å². The molecule has 1 aromatic rings. The van der Waals surface area contributed by atoms with Gasteiger partial charge in [0.1, 0.15) is 5.82 Å². The van der Waals surface area contributed by atoms with Crippen LogP contribution < -0.4 is 10.2 Å². The van der Waals surface area contributed by atoms with Gasteiger partial charge in [-0.15, -0.1) is 0 Å². The lowest BCUT2D eigenvalue weighted by atomic mass is 9.81. The zero-order chi connectivity index (χ0) is 14.1. The monoisotopic (exact) mass is 296 g/mol. The lowest BCUT2D eigenvalue weighted by molar-refractivity contribution is 0.247. The molecule has 4 heteroatoms. The third kappa shape index (κ3) is 2.79. The Morgan fingerprint density at radius 1 is 1.25 bits per heavy atom. The Morgan fingerprint density at radius 2 is 1.95 bits per heavy atom. The molecule has 0 spiro atoms. The zero-order valence-electron chi connectivity index (χ0n) is 11.9. The van der Waals surface area contributed by atoms with Crippen molar-refractivity contribution in [2.24, 2.45) is 0 Å². The first-order valence-corrected chi connectivity index (χ1v) is 8.03. The van der Waals surface area contributed by atoms with Gasteiger partial charge in [0.25, 0.3) is 0 Å². The van der Waals surface area contributed by atoms with Crippen LogP contribution in [0.15, 0.2) is 18.2 Å². The molecule has 2 unspecified atom stereocenters. The molecule has 1 N–H and O–H groups in total. The van der Waals surface area contributed by atoms with Crippen molar-refractivity contribution in [3.63, 3.8) is 0 Å². The number of benzene rings is 1. The minimum Gasteiger partial charge on any atom is -0.365 e. The van der Waals surface area contributed by atoms with Crippen LogP contribution in [0, 0.1) is 5.82 Å². The molecule has 0 aliphatic carbocycles. The highest BCUT2D eigenvalue weighted by atomic mass is 35.5. The van der Waals surface area contributed by atoms with E-state index >= 15 is 0 Å². The van der Waals surface area contributed by atoms with Gasteiger partial charge in [0.15, 0.2) is 0 Å². The Balaban J connectivity index is 1.86. The highest BCUT2D eigenvalue weighted by molar-refractivity contribution is 6.30. The predicted molar refractivity (Wildman–Crippen MR) is 82.0 cm³/mol. The van der Waals surface area contributed by atoms with E-state index in [-0.39, 0.29) is 5.82 Å². The smallest absolute Gasteiger partial charge is 0.126 e. The number of hydrogen-bond donors (Lipinski definition) is 1. The normalized spacial score (nSPS) is 29.6. The molecule has 2 atom stereocenters. The highest BCUT2D eigenvalue weighted by Crippen LogP contribution is 2.38. The summed E-state index contributed by atoms with van der Waals surface area (Å²) in [5.74, 6) is -0.237. The van der Waals surface area contributed by atoms with E-state index in [9.17, 15) is 4.39 Å². The second-order valence-corrected chi connectivity index (χ2v) is 6.44. The van der Waals surface area contributed by atoms with Crippen molar-refractivity contribution in [1.82, 2.24) is 5.32 Å². The minimum atomic E-state index is -0.237. The van der Waals surface area contributed by atoms with Gasteiger partial charge in [0, 0.05) is 28.8 Å². The van der Waals surface area contributed by atoms with Crippen molar-refractivity contribution in [2.75, 3.05) is 11.4 Å². The summed E-state index contributed by atoms with van der Waals surface area (Å²) in [5, 5.41) is 4.07. The quantitative estimate of drug-likeness (QED) is 0.907. The maximum atomic E-state index is 13.6. The average Bonchev–Trinajstić information content (AvgIpc) is 2.36. The van der Waals surface area contributed by atoms with Crippen LogP contribution in [0.4, 0.5) is 10.1 Å². The van der Waals surface area contributed by atoms with Gasteiger partial charge in [0.05, 0.1) is 0 Å². The number of hydrogen-bond acceptors (Lipinski definition) is 2. The highest BCUT2D eigenvalue weighted by Gasteiger charge is 2.38. The third-order valence-corrected chi connectivity index (χ3v) is 4.83. The summed E-state index contributed by atoms with van der Waals surface area (Å²) >= 11 is 6.03. The second kappa shape index (κ2) is 5.90. The molecule has 2 nitrogen and oxygen atoms in total. The molecule has 2 heterocycles. The zero-order valence-corrected chi connectivity index (χ0v) is 12.7. The van der Waals surface area contributed by atoms with Crippen molar-refractivity contribution in [2.45, 2.75) is 57.2 Å². The summed E-state index contributed by atoms with van der Waals surface area (Å²) in [5.41, 5.74) is 0.958. The Kier molecular flexibility index (Phi) is 4.18. The van der Waals surface area contributed by atoms with E-state index in [4.69, 9.17) is 11.6 Å². The van der Waals surface area contributed by atoms with Crippen LogP contribution in [-0.4, -0.2) is 24.7 Å². The lowest BCUT2D eigenvalue weighted by Crippen LogP contribution is -2.56. The molecule has 0 saturated carbocycles. The molecule has 0 radical (unpaired) electrons. The van der Waals surface area contributed by atoms with Crippen molar-refractivity contribution < 1.29 is 4.39 Å². The molecular formula is C16H22ClFN2. The number of nitrogens with one attached hydrogen (secondary N) is 1. The lowest BCUT2D eigenvalue weighted by Gasteiger charge is -2.50. The third-order valence-electron chi connectivity index (χ3n) is 4.61. The Labute approximate surface area is 125 Å². The van der Waals surface area contributed by atoms with Gasteiger partial charge in [-0.2, -0.15) is 0 Å². The molecule has 1 aromatic carbocycles. The first-order valence-electron chi connectivity index (χ1n) is 7.65. The van der Waals surface area contributed by atoms with E-state index in [1.54, 1.807) is 6.07 Å². The van der Waals surface area contributed by atoms with E-state index in [0.29, 0.717) is 23.1 Å². The Morgan fingerprint density at radius 3 is 2.55 bits per heavy atom. The summed E-state index contributed by atoms with van der Waals surface area (Å²) in [6.45, 7) is 3.18.